The van der Waals surface area contributed by atoms with Gasteiger partial charge in [0, 0.05) is 30.7 Å². The first-order chi connectivity index (χ1) is 13.6. The molecule has 6 nitrogen and oxygen atoms in total. The monoisotopic (exact) mass is 399 g/mol. The summed E-state index contributed by atoms with van der Waals surface area (Å²) in [6.45, 7) is 3.90. The topological polar surface area (TPSA) is 74.2 Å². The largest absolute Gasteiger partial charge is 0.481 e. The summed E-state index contributed by atoms with van der Waals surface area (Å²) in [4.78, 5) is 18.7. The number of amidine groups is 1. The standard InChI is InChI=1S/C21H22ClN3O3/c1-2-14(21(26)27)17-12-25(10-9-23-17)20-15-5-3-4-6-18(15)28-19-8-7-13(22)11-16(19)24-20/h3-8,11,14,17,23H,2,9-10,12H2,1H3,(H,26,27)/t14?,17-/m1/s1. The average Bonchev–Trinajstić information content (AvgIpc) is 2.85. The van der Waals surface area contributed by atoms with E-state index in [9.17, 15) is 9.90 Å². The van der Waals surface area contributed by atoms with Gasteiger partial charge in [-0.15, -0.1) is 0 Å². The van der Waals surface area contributed by atoms with Gasteiger partial charge in [0.25, 0.3) is 0 Å². The van der Waals surface area contributed by atoms with E-state index in [-0.39, 0.29) is 6.04 Å². The molecule has 2 aliphatic rings. The van der Waals surface area contributed by atoms with E-state index in [0.717, 1.165) is 23.7 Å². The van der Waals surface area contributed by atoms with Crippen LogP contribution in [0.1, 0.15) is 18.9 Å². The van der Waals surface area contributed by atoms with E-state index in [4.69, 9.17) is 21.3 Å². The van der Waals surface area contributed by atoms with Crippen LogP contribution >= 0.6 is 11.6 Å². The SMILES string of the molecule is CCC(C(=O)O)[C@H]1CN(C2=Nc3cc(Cl)ccc3Oc3ccccc32)CCN1. The van der Waals surface area contributed by atoms with E-state index in [1.165, 1.54) is 0 Å². The summed E-state index contributed by atoms with van der Waals surface area (Å²) in [6.07, 6.45) is 0.575. The maximum absolute atomic E-state index is 11.6. The van der Waals surface area contributed by atoms with E-state index in [2.05, 4.69) is 10.2 Å². The molecular weight excluding hydrogens is 378 g/mol. The highest BCUT2D eigenvalue weighted by molar-refractivity contribution is 6.31. The van der Waals surface area contributed by atoms with Crippen LogP contribution in [0.15, 0.2) is 47.5 Å². The van der Waals surface area contributed by atoms with Crippen molar-refractivity contribution in [3.05, 3.63) is 53.1 Å². The van der Waals surface area contributed by atoms with Crippen LogP contribution in [0.5, 0.6) is 11.5 Å². The number of halogens is 1. The summed E-state index contributed by atoms with van der Waals surface area (Å²) in [6, 6.07) is 13.0. The number of carboxylic acids is 1. The quantitative estimate of drug-likeness (QED) is 0.818. The fourth-order valence-corrected chi connectivity index (χ4v) is 3.98. The molecule has 2 heterocycles. The number of para-hydroxylation sites is 1. The first-order valence-electron chi connectivity index (χ1n) is 9.43. The zero-order valence-electron chi connectivity index (χ0n) is 15.6. The van der Waals surface area contributed by atoms with E-state index in [1.54, 1.807) is 12.1 Å². The smallest absolute Gasteiger partial charge is 0.308 e. The number of rotatable bonds is 3. The molecule has 2 aliphatic heterocycles. The van der Waals surface area contributed by atoms with Crippen molar-refractivity contribution in [2.75, 3.05) is 19.6 Å². The van der Waals surface area contributed by atoms with Crippen molar-refractivity contribution < 1.29 is 14.6 Å². The average molecular weight is 400 g/mol. The molecule has 7 heteroatoms. The predicted molar refractivity (Wildman–Crippen MR) is 109 cm³/mol. The van der Waals surface area contributed by atoms with Gasteiger partial charge in [-0.1, -0.05) is 30.7 Å². The van der Waals surface area contributed by atoms with Gasteiger partial charge in [0.2, 0.25) is 0 Å². The summed E-state index contributed by atoms with van der Waals surface area (Å²) in [5.74, 6) is 0.939. The third-order valence-corrected chi connectivity index (χ3v) is 5.48. The van der Waals surface area contributed by atoms with E-state index < -0.39 is 11.9 Å². The number of hydrogen-bond acceptors (Lipinski definition) is 5. The molecule has 0 saturated carbocycles. The Balaban J connectivity index is 1.75. The van der Waals surface area contributed by atoms with Gasteiger partial charge in [0.1, 0.15) is 17.3 Å². The molecule has 0 radical (unpaired) electrons. The van der Waals surface area contributed by atoms with E-state index in [0.29, 0.717) is 36.0 Å². The Morgan fingerprint density at radius 1 is 1.36 bits per heavy atom. The molecule has 146 valence electrons. The molecule has 2 aromatic carbocycles. The molecule has 0 aliphatic carbocycles. The third-order valence-electron chi connectivity index (χ3n) is 5.24. The number of ether oxygens (including phenoxy) is 1. The number of hydrogen-bond donors (Lipinski definition) is 2. The van der Waals surface area contributed by atoms with Crippen molar-refractivity contribution in [3.63, 3.8) is 0 Å². The lowest BCUT2D eigenvalue weighted by atomic mass is 9.94. The number of piperazine rings is 1. The van der Waals surface area contributed by atoms with Gasteiger partial charge in [-0.2, -0.15) is 0 Å². The molecule has 0 amide bonds. The van der Waals surface area contributed by atoms with E-state index >= 15 is 0 Å². The lowest BCUT2D eigenvalue weighted by Crippen LogP contribution is -2.56. The molecule has 0 aromatic heterocycles. The van der Waals surface area contributed by atoms with Gasteiger partial charge in [-0.05, 0) is 36.8 Å². The molecule has 0 bridgehead atoms. The summed E-state index contributed by atoms with van der Waals surface area (Å²) >= 11 is 6.18. The zero-order valence-corrected chi connectivity index (χ0v) is 16.3. The Hall–Kier alpha value is -2.57. The fraction of sp³-hybridized carbons (Fsp3) is 0.333. The first-order valence-corrected chi connectivity index (χ1v) is 9.81. The maximum Gasteiger partial charge on any atom is 0.308 e. The van der Waals surface area contributed by atoms with Crippen molar-refractivity contribution >= 4 is 29.1 Å². The minimum atomic E-state index is -0.773. The Bertz CT molecular complexity index is 931. The van der Waals surface area contributed by atoms with Gasteiger partial charge < -0.3 is 20.1 Å². The molecule has 2 N–H and O–H groups in total. The molecule has 1 fully saturated rings. The maximum atomic E-state index is 11.6. The number of carboxylic acid groups (broad SMARTS) is 1. The number of nitrogens with zero attached hydrogens (tertiary/aromatic N) is 2. The van der Waals surface area contributed by atoms with E-state index in [1.807, 2.05) is 37.3 Å². The van der Waals surface area contributed by atoms with Crippen LogP contribution in [-0.4, -0.2) is 47.5 Å². The third kappa shape index (κ3) is 3.57. The predicted octanol–water partition coefficient (Wildman–Crippen LogP) is 3.91. The second kappa shape index (κ2) is 7.81. The number of fused-ring (bicyclic) bond motifs is 2. The van der Waals surface area contributed by atoms with Crippen molar-refractivity contribution in [2.45, 2.75) is 19.4 Å². The number of aliphatic carboxylic acids is 1. The molecule has 2 aromatic rings. The summed E-state index contributed by atoms with van der Waals surface area (Å²) in [5, 5.41) is 13.5. The summed E-state index contributed by atoms with van der Waals surface area (Å²) < 4.78 is 6.10. The molecule has 4 rings (SSSR count). The van der Waals surface area contributed by atoms with Gasteiger partial charge in [-0.3, -0.25) is 4.79 Å². The van der Waals surface area contributed by atoms with Crippen molar-refractivity contribution in [1.82, 2.24) is 10.2 Å². The van der Waals surface area contributed by atoms with Gasteiger partial charge in [0.15, 0.2) is 5.75 Å². The summed E-state index contributed by atoms with van der Waals surface area (Å²) in [7, 11) is 0. The van der Waals surface area contributed by atoms with Crippen LogP contribution < -0.4 is 10.1 Å². The molecule has 1 unspecified atom stereocenters. The van der Waals surface area contributed by atoms with Crippen LogP contribution in [0.2, 0.25) is 5.02 Å². The van der Waals surface area contributed by atoms with Crippen LogP contribution in [0, 0.1) is 5.92 Å². The van der Waals surface area contributed by atoms with Crippen LogP contribution in [0.4, 0.5) is 5.69 Å². The Morgan fingerprint density at radius 2 is 2.18 bits per heavy atom. The highest BCUT2D eigenvalue weighted by Crippen LogP contribution is 2.39. The van der Waals surface area contributed by atoms with Crippen molar-refractivity contribution in [1.29, 1.82) is 0 Å². The normalized spacial score (nSPS) is 19.6. The Kier molecular flexibility index (Phi) is 5.24. The fourth-order valence-electron chi connectivity index (χ4n) is 3.81. The Morgan fingerprint density at radius 3 is 2.96 bits per heavy atom. The minimum absolute atomic E-state index is 0.144. The molecule has 28 heavy (non-hydrogen) atoms. The molecule has 1 saturated heterocycles. The van der Waals surface area contributed by atoms with Gasteiger partial charge in [0.05, 0.1) is 11.5 Å². The number of aliphatic imine (C=N–C) groups is 1. The lowest BCUT2D eigenvalue weighted by molar-refractivity contribution is -0.143. The molecular formula is C21H22ClN3O3. The number of nitrogens with one attached hydrogen (secondary N) is 1. The van der Waals surface area contributed by atoms with Crippen LogP contribution in [0.25, 0.3) is 0 Å². The van der Waals surface area contributed by atoms with Gasteiger partial charge >= 0.3 is 5.97 Å². The highest BCUT2D eigenvalue weighted by atomic mass is 35.5. The first kappa shape index (κ1) is 18.8. The zero-order chi connectivity index (χ0) is 19.7. The van der Waals surface area contributed by atoms with Crippen LogP contribution in [-0.2, 0) is 4.79 Å². The number of benzene rings is 2. The summed E-state index contributed by atoms with van der Waals surface area (Å²) in [5.41, 5.74) is 1.55. The minimum Gasteiger partial charge on any atom is -0.481 e. The van der Waals surface area contributed by atoms with Crippen molar-refractivity contribution in [2.24, 2.45) is 10.9 Å². The lowest BCUT2D eigenvalue weighted by Gasteiger charge is -2.38. The van der Waals surface area contributed by atoms with Crippen molar-refractivity contribution in [3.8, 4) is 11.5 Å². The Labute approximate surface area is 168 Å². The second-order valence-electron chi connectivity index (χ2n) is 7.01. The van der Waals surface area contributed by atoms with Crippen LogP contribution in [0.3, 0.4) is 0 Å². The second-order valence-corrected chi connectivity index (χ2v) is 7.44. The number of carbonyl (C=O) groups is 1. The highest BCUT2D eigenvalue weighted by Gasteiger charge is 2.33. The molecule has 2 atom stereocenters. The van der Waals surface area contributed by atoms with Gasteiger partial charge in [-0.25, -0.2) is 4.99 Å². The molecule has 0 spiro atoms.